The maximum absolute atomic E-state index is 12.7. The van der Waals surface area contributed by atoms with Gasteiger partial charge in [0.2, 0.25) is 5.95 Å². The van der Waals surface area contributed by atoms with Crippen LogP contribution >= 0.6 is 0 Å². The number of hydrogen-bond acceptors (Lipinski definition) is 9. The Morgan fingerprint density at radius 1 is 1.09 bits per heavy atom. The number of amides is 1. The lowest BCUT2D eigenvalue weighted by Gasteiger charge is -2.32. The number of anilines is 3. The average molecular weight is 452 g/mol. The molecule has 10 heteroatoms. The van der Waals surface area contributed by atoms with E-state index in [-0.39, 0.29) is 5.91 Å². The quantitative estimate of drug-likeness (QED) is 0.424. The first kappa shape index (κ1) is 23.1. The lowest BCUT2D eigenvalue weighted by molar-refractivity contribution is 0.0955. The van der Waals surface area contributed by atoms with Gasteiger partial charge in [0, 0.05) is 71.3 Å². The summed E-state index contributed by atoms with van der Waals surface area (Å²) in [4.78, 5) is 28.9. The van der Waals surface area contributed by atoms with Crippen LogP contribution in [0.1, 0.15) is 21.6 Å². The summed E-state index contributed by atoms with van der Waals surface area (Å²) in [5.41, 5.74) is 5.49. The van der Waals surface area contributed by atoms with Gasteiger partial charge >= 0.3 is 0 Å². The van der Waals surface area contributed by atoms with E-state index in [0.29, 0.717) is 23.0 Å². The molecule has 0 aliphatic carbocycles. The van der Waals surface area contributed by atoms with Crippen molar-refractivity contribution in [1.82, 2.24) is 30.5 Å². The Morgan fingerprint density at radius 2 is 1.79 bits per heavy atom. The molecule has 176 valence electrons. The highest BCUT2D eigenvalue weighted by Crippen LogP contribution is 2.25. The van der Waals surface area contributed by atoms with Crippen LogP contribution in [-0.2, 0) is 6.54 Å². The van der Waals surface area contributed by atoms with Crippen LogP contribution in [0.15, 0.2) is 29.4 Å². The second-order valence-electron chi connectivity index (χ2n) is 8.57. The molecule has 0 bridgehead atoms. The van der Waals surface area contributed by atoms with E-state index in [1.54, 1.807) is 0 Å². The summed E-state index contributed by atoms with van der Waals surface area (Å²) in [5.74, 6) is 0.708. The van der Waals surface area contributed by atoms with Crippen molar-refractivity contribution in [3.63, 3.8) is 0 Å². The number of hydrogen-bond donors (Lipinski definition) is 3. The number of piperazine rings is 2. The molecule has 2 saturated heterocycles. The molecule has 0 unspecified atom stereocenters. The fourth-order valence-electron chi connectivity index (χ4n) is 4.15. The van der Waals surface area contributed by atoms with Crippen molar-refractivity contribution in [3.05, 3.63) is 41.1 Å². The number of nitrogens with zero attached hydrogens (tertiary/aromatic N) is 6. The lowest BCUT2D eigenvalue weighted by Crippen LogP contribution is -2.45. The first-order valence-corrected chi connectivity index (χ1v) is 11.4. The number of aryl methyl sites for hydroxylation is 1. The smallest absolute Gasteiger partial charge is 0.276 e. The zero-order valence-corrected chi connectivity index (χ0v) is 19.5. The maximum Gasteiger partial charge on any atom is 0.276 e. The molecule has 33 heavy (non-hydrogen) atoms. The molecule has 1 aromatic heterocycles. The number of nitrogens with one attached hydrogen (secondary N) is 3. The summed E-state index contributed by atoms with van der Waals surface area (Å²) in [5, 5.41) is 10.3. The third-order valence-electron chi connectivity index (χ3n) is 6.10. The fraction of sp³-hybridized carbons (Fsp3) is 0.478. The van der Waals surface area contributed by atoms with Gasteiger partial charge in [0.25, 0.3) is 5.91 Å². The van der Waals surface area contributed by atoms with Gasteiger partial charge in [-0.25, -0.2) is 10.4 Å². The van der Waals surface area contributed by atoms with E-state index >= 15 is 0 Å². The van der Waals surface area contributed by atoms with Crippen molar-refractivity contribution < 1.29 is 4.79 Å². The number of likely N-dealkylation sites (N-methyl/N-ethyl adjacent to an activating group) is 1. The van der Waals surface area contributed by atoms with Gasteiger partial charge in [-0.2, -0.15) is 10.1 Å². The zero-order valence-electron chi connectivity index (χ0n) is 19.5. The van der Waals surface area contributed by atoms with E-state index in [4.69, 9.17) is 4.98 Å². The van der Waals surface area contributed by atoms with Gasteiger partial charge in [-0.1, -0.05) is 12.1 Å². The number of hydrazone groups is 1. The minimum atomic E-state index is -0.384. The number of benzene rings is 1. The molecule has 0 saturated carbocycles. The summed E-state index contributed by atoms with van der Waals surface area (Å²) >= 11 is 0. The summed E-state index contributed by atoms with van der Waals surface area (Å²) in [7, 11) is 2.11. The third-order valence-corrected chi connectivity index (χ3v) is 6.10. The second kappa shape index (κ2) is 10.7. The molecule has 2 aliphatic rings. The molecular formula is C23H33N9O. The molecule has 2 fully saturated rings. The molecule has 0 atom stereocenters. The summed E-state index contributed by atoms with van der Waals surface area (Å²) in [6, 6.07) is 8.28. The number of carbonyl (C=O) groups is 1. The van der Waals surface area contributed by atoms with E-state index in [1.807, 2.05) is 19.1 Å². The Bertz CT molecular complexity index is 965. The number of carbonyl (C=O) groups excluding carboxylic acids is 1. The molecule has 0 spiro atoms. The molecule has 10 nitrogen and oxygen atoms in total. The first-order valence-electron chi connectivity index (χ1n) is 11.4. The SMILES string of the molecule is C=NNC(=O)c1c(C)nc(N2CCN(C)CC2)nc1Nc1ccc(CN2CCNCC2)cc1. The van der Waals surface area contributed by atoms with Crippen molar-refractivity contribution in [1.29, 1.82) is 0 Å². The Kier molecular flexibility index (Phi) is 7.48. The standard InChI is InChI=1S/C23H33N9O/c1-17-20(22(33)29-24-2)21(28-23(26-17)32-14-12-30(3)13-15-32)27-19-6-4-18(5-7-19)16-31-10-8-25-9-11-31/h4-7,25H,2,8-16H2,1,3H3,(H,29,33)(H,26,27,28). The Balaban J connectivity index is 1.56. The third kappa shape index (κ3) is 5.84. The molecule has 1 aromatic carbocycles. The van der Waals surface area contributed by atoms with Crippen LogP contribution in [0.25, 0.3) is 0 Å². The van der Waals surface area contributed by atoms with E-state index in [0.717, 1.165) is 64.6 Å². The molecule has 2 aromatic rings. The van der Waals surface area contributed by atoms with Crippen LogP contribution in [-0.4, -0.2) is 91.8 Å². The summed E-state index contributed by atoms with van der Waals surface area (Å²) < 4.78 is 0. The highest BCUT2D eigenvalue weighted by atomic mass is 16.2. The minimum Gasteiger partial charge on any atom is -0.339 e. The molecule has 1 amide bonds. The highest BCUT2D eigenvalue weighted by Gasteiger charge is 2.23. The monoisotopic (exact) mass is 451 g/mol. The Hall–Kier alpha value is -3.08. The van der Waals surface area contributed by atoms with E-state index in [9.17, 15) is 4.79 Å². The van der Waals surface area contributed by atoms with Crippen molar-refractivity contribution >= 4 is 30.1 Å². The van der Waals surface area contributed by atoms with Crippen molar-refractivity contribution in [3.8, 4) is 0 Å². The summed E-state index contributed by atoms with van der Waals surface area (Å²) in [6.07, 6.45) is 0. The zero-order chi connectivity index (χ0) is 23.2. The molecule has 2 aliphatic heterocycles. The van der Waals surface area contributed by atoms with Gasteiger partial charge in [0.05, 0.1) is 5.69 Å². The van der Waals surface area contributed by atoms with Crippen LogP contribution in [0.4, 0.5) is 17.5 Å². The van der Waals surface area contributed by atoms with Crippen molar-refractivity contribution in [2.45, 2.75) is 13.5 Å². The average Bonchev–Trinajstić information content (AvgIpc) is 2.81. The summed E-state index contributed by atoms with van der Waals surface area (Å²) in [6.45, 7) is 13.9. The number of aromatic nitrogens is 2. The normalized spacial score (nSPS) is 17.6. The van der Waals surface area contributed by atoms with Gasteiger partial charge in [-0.15, -0.1) is 0 Å². The van der Waals surface area contributed by atoms with Gasteiger partial charge in [0.1, 0.15) is 11.4 Å². The van der Waals surface area contributed by atoms with Crippen molar-refractivity contribution in [2.24, 2.45) is 5.10 Å². The largest absolute Gasteiger partial charge is 0.339 e. The molecule has 4 rings (SSSR count). The lowest BCUT2D eigenvalue weighted by atomic mass is 10.1. The van der Waals surface area contributed by atoms with Gasteiger partial charge < -0.3 is 20.4 Å². The van der Waals surface area contributed by atoms with E-state index < -0.39 is 0 Å². The highest BCUT2D eigenvalue weighted by molar-refractivity contribution is 6.00. The van der Waals surface area contributed by atoms with Crippen LogP contribution in [0.2, 0.25) is 0 Å². The Morgan fingerprint density at radius 3 is 2.45 bits per heavy atom. The number of rotatable bonds is 7. The molecule has 3 N–H and O–H groups in total. The maximum atomic E-state index is 12.7. The first-order chi connectivity index (χ1) is 16.0. The van der Waals surface area contributed by atoms with Crippen LogP contribution in [0, 0.1) is 6.92 Å². The Labute approximate surface area is 195 Å². The second-order valence-corrected chi connectivity index (χ2v) is 8.57. The van der Waals surface area contributed by atoms with Crippen LogP contribution in [0.5, 0.6) is 0 Å². The van der Waals surface area contributed by atoms with Gasteiger partial charge in [-0.3, -0.25) is 9.69 Å². The molecular weight excluding hydrogens is 418 g/mol. The van der Waals surface area contributed by atoms with Gasteiger partial charge in [0.15, 0.2) is 0 Å². The van der Waals surface area contributed by atoms with Crippen LogP contribution < -0.4 is 21.0 Å². The minimum absolute atomic E-state index is 0.366. The van der Waals surface area contributed by atoms with Crippen LogP contribution in [0.3, 0.4) is 0 Å². The topological polar surface area (TPSA) is 101 Å². The van der Waals surface area contributed by atoms with E-state index in [2.05, 4.69) is 66.7 Å². The fourth-order valence-corrected chi connectivity index (χ4v) is 4.15. The van der Waals surface area contributed by atoms with E-state index in [1.165, 1.54) is 5.56 Å². The van der Waals surface area contributed by atoms with Gasteiger partial charge in [-0.05, 0) is 31.7 Å². The van der Waals surface area contributed by atoms with Crippen molar-refractivity contribution in [2.75, 3.05) is 69.6 Å². The predicted octanol–water partition coefficient (Wildman–Crippen LogP) is 1.03. The molecule has 3 heterocycles. The molecule has 0 radical (unpaired) electrons. The predicted molar refractivity (Wildman–Crippen MR) is 131 cm³/mol.